The molecule has 0 bridgehead atoms. The first-order valence-corrected chi connectivity index (χ1v) is 4.15. The van der Waals surface area contributed by atoms with E-state index in [1.807, 2.05) is 0 Å². The first kappa shape index (κ1) is 12.3. The molecule has 0 fully saturated rings. The van der Waals surface area contributed by atoms with Gasteiger partial charge in [0.25, 0.3) is 0 Å². The van der Waals surface area contributed by atoms with E-state index in [-0.39, 0.29) is 17.9 Å². The van der Waals surface area contributed by atoms with Gasteiger partial charge < -0.3 is 15.4 Å². The number of rotatable bonds is 3. The SMILES string of the molecule is COc1nc(N)nc(N(C)CC(F)(F)F)n1. The first-order valence-electron chi connectivity index (χ1n) is 4.15. The molecule has 6 nitrogen and oxygen atoms in total. The van der Waals surface area contributed by atoms with Gasteiger partial charge >= 0.3 is 12.2 Å². The van der Waals surface area contributed by atoms with Crippen molar-refractivity contribution in [3.63, 3.8) is 0 Å². The summed E-state index contributed by atoms with van der Waals surface area (Å²) in [5.74, 6) is -0.391. The van der Waals surface area contributed by atoms with Crippen molar-refractivity contribution in [3.05, 3.63) is 0 Å². The first-order chi connectivity index (χ1) is 7.31. The molecule has 0 aliphatic carbocycles. The van der Waals surface area contributed by atoms with Crippen LogP contribution in [-0.4, -0.2) is 41.8 Å². The summed E-state index contributed by atoms with van der Waals surface area (Å²) in [6.07, 6.45) is -4.34. The molecule has 0 spiro atoms. The second-order valence-corrected chi connectivity index (χ2v) is 2.95. The smallest absolute Gasteiger partial charge is 0.406 e. The van der Waals surface area contributed by atoms with Crippen molar-refractivity contribution >= 4 is 11.9 Å². The van der Waals surface area contributed by atoms with Crippen LogP contribution in [0.3, 0.4) is 0 Å². The average Bonchev–Trinajstić information content (AvgIpc) is 2.14. The number of methoxy groups -OCH3 is 1. The summed E-state index contributed by atoms with van der Waals surface area (Å²) in [7, 11) is 2.48. The van der Waals surface area contributed by atoms with Crippen LogP contribution in [0.2, 0.25) is 0 Å². The lowest BCUT2D eigenvalue weighted by molar-refractivity contribution is -0.119. The normalized spacial score (nSPS) is 11.3. The molecule has 90 valence electrons. The standard InChI is InChI=1S/C7H10F3N5O/c1-15(3-7(8,9)10)5-12-4(11)13-6(14-5)16-2/h3H2,1-2H3,(H2,11,12,13,14). The van der Waals surface area contributed by atoms with Crippen molar-refractivity contribution in [2.45, 2.75) is 6.18 Å². The minimum absolute atomic E-state index is 0.128. The summed E-state index contributed by atoms with van der Waals surface area (Å²) in [5.41, 5.74) is 5.29. The number of alkyl halides is 3. The molecule has 0 saturated carbocycles. The lowest BCUT2D eigenvalue weighted by Gasteiger charge is -2.18. The van der Waals surface area contributed by atoms with E-state index in [0.29, 0.717) is 0 Å². The minimum Gasteiger partial charge on any atom is -0.467 e. The van der Waals surface area contributed by atoms with Crippen LogP contribution in [0, 0.1) is 0 Å². The van der Waals surface area contributed by atoms with E-state index in [4.69, 9.17) is 5.73 Å². The highest BCUT2D eigenvalue weighted by atomic mass is 19.4. The molecule has 1 aromatic rings. The predicted octanol–water partition coefficient (Wildman–Crippen LogP) is 0.461. The van der Waals surface area contributed by atoms with E-state index in [2.05, 4.69) is 19.7 Å². The second-order valence-electron chi connectivity index (χ2n) is 2.95. The van der Waals surface area contributed by atoms with Crippen molar-refractivity contribution in [1.29, 1.82) is 0 Å². The average molecular weight is 237 g/mol. The molecular weight excluding hydrogens is 227 g/mol. The molecule has 0 amide bonds. The third-order valence-corrected chi connectivity index (χ3v) is 1.56. The molecule has 9 heteroatoms. The number of nitrogens with zero attached hydrogens (tertiary/aromatic N) is 4. The molecule has 0 aliphatic heterocycles. The zero-order chi connectivity index (χ0) is 12.3. The predicted molar refractivity (Wildman–Crippen MR) is 50.1 cm³/mol. The Hall–Kier alpha value is -1.80. The number of hydrogen-bond donors (Lipinski definition) is 1. The van der Waals surface area contributed by atoms with Gasteiger partial charge in [0.2, 0.25) is 11.9 Å². The van der Waals surface area contributed by atoms with Crippen LogP contribution in [0.25, 0.3) is 0 Å². The molecular formula is C7H10F3N5O. The Labute approximate surface area is 89.3 Å². The van der Waals surface area contributed by atoms with Crippen LogP contribution < -0.4 is 15.4 Å². The molecule has 0 radical (unpaired) electrons. The number of anilines is 2. The Balaban J connectivity index is 2.90. The van der Waals surface area contributed by atoms with Crippen LogP contribution in [0.1, 0.15) is 0 Å². The van der Waals surface area contributed by atoms with Crippen molar-refractivity contribution in [2.75, 3.05) is 31.3 Å². The van der Waals surface area contributed by atoms with E-state index in [0.717, 1.165) is 4.90 Å². The fourth-order valence-corrected chi connectivity index (χ4v) is 0.963. The number of nitrogens with two attached hydrogens (primary N) is 1. The molecule has 0 saturated heterocycles. The van der Waals surface area contributed by atoms with Gasteiger partial charge in [0.05, 0.1) is 7.11 Å². The summed E-state index contributed by atoms with van der Waals surface area (Å²) < 4.78 is 41.0. The van der Waals surface area contributed by atoms with Gasteiger partial charge in [0, 0.05) is 7.05 Å². The summed E-state index contributed by atoms with van der Waals surface area (Å²) in [6, 6.07) is -0.128. The highest BCUT2D eigenvalue weighted by molar-refractivity contribution is 5.35. The summed E-state index contributed by atoms with van der Waals surface area (Å²) in [6.45, 7) is -1.18. The van der Waals surface area contributed by atoms with E-state index in [9.17, 15) is 13.2 Å². The zero-order valence-electron chi connectivity index (χ0n) is 8.62. The highest BCUT2D eigenvalue weighted by Crippen LogP contribution is 2.19. The molecule has 0 aromatic carbocycles. The van der Waals surface area contributed by atoms with Crippen LogP contribution in [0.4, 0.5) is 25.1 Å². The maximum absolute atomic E-state index is 12.1. The lowest BCUT2D eigenvalue weighted by atomic mass is 10.5. The van der Waals surface area contributed by atoms with Crippen LogP contribution in [0.15, 0.2) is 0 Å². The van der Waals surface area contributed by atoms with Gasteiger partial charge in [-0.25, -0.2) is 0 Å². The lowest BCUT2D eigenvalue weighted by Crippen LogP contribution is -2.32. The van der Waals surface area contributed by atoms with Crippen LogP contribution in [-0.2, 0) is 0 Å². The molecule has 0 atom stereocenters. The molecule has 1 heterocycles. The molecule has 0 unspecified atom stereocenters. The molecule has 1 aromatic heterocycles. The number of halogens is 3. The number of hydrogen-bond acceptors (Lipinski definition) is 6. The second kappa shape index (κ2) is 4.37. The third-order valence-electron chi connectivity index (χ3n) is 1.56. The number of ether oxygens (including phenoxy) is 1. The van der Waals surface area contributed by atoms with Crippen LogP contribution >= 0.6 is 0 Å². The van der Waals surface area contributed by atoms with Gasteiger partial charge in [-0.1, -0.05) is 0 Å². The Morgan fingerprint density at radius 3 is 2.44 bits per heavy atom. The molecule has 0 aliphatic rings. The van der Waals surface area contributed by atoms with Crippen molar-refractivity contribution in [1.82, 2.24) is 15.0 Å². The topological polar surface area (TPSA) is 77.2 Å². The van der Waals surface area contributed by atoms with E-state index >= 15 is 0 Å². The Bertz CT molecular complexity index is 370. The van der Waals surface area contributed by atoms with E-state index < -0.39 is 12.7 Å². The van der Waals surface area contributed by atoms with Crippen LogP contribution in [0.5, 0.6) is 6.01 Å². The monoisotopic (exact) mass is 237 g/mol. The van der Waals surface area contributed by atoms with Gasteiger partial charge in [0.1, 0.15) is 6.54 Å². The zero-order valence-corrected chi connectivity index (χ0v) is 8.62. The fourth-order valence-electron chi connectivity index (χ4n) is 0.963. The third kappa shape index (κ3) is 3.41. The minimum atomic E-state index is -4.34. The number of aromatic nitrogens is 3. The Morgan fingerprint density at radius 1 is 1.31 bits per heavy atom. The maximum Gasteiger partial charge on any atom is 0.406 e. The highest BCUT2D eigenvalue weighted by Gasteiger charge is 2.30. The van der Waals surface area contributed by atoms with E-state index in [1.165, 1.54) is 14.2 Å². The van der Waals surface area contributed by atoms with Gasteiger partial charge in [-0.2, -0.15) is 28.1 Å². The van der Waals surface area contributed by atoms with Crippen molar-refractivity contribution in [2.24, 2.45) is 0 Å². The molecule has 1 rings (SSSR count). The fraction of sp³-hybridized carbons (Fsp3) is 0.571. The largest absolute Gasteiger partial charge is 0.467 e. The van der Waals surface area contributed by atoms with Gasteiger partial charge in [-0.3, -0.25) is 0 Å². The quantitative estimate of drug-likeness (QED) is 0.823. The Morgan fingerprint density at radius 2 is 1.94 bits per heavy atom. The summed E-state index contributed by atoms with van der Waals surface area (Å²) in [5, 5.41) is 0. The summed E-state index contributed by atoms with van der Waals surface area (Å²) in [4.78, 5) is 11.6. The molecule has 2 N–H and O–H groups in total. The van der Waals surface area contributed by atoms with E-state index in [1.54, 1.807) is 0 Å². The summed E-state index contributed by atoms with van der Waals surface area (Å²) >= 11 is 0. The van der Waals surface area contributed by atoms with Crippen molar-refractivity contribution in [3.8, 4) is 6.01 Å². The van der Waals surface area contributed by atoms with Gasteiger partial charge in [0.15, 0.2) is 0 Å². The van der Waals surface area contributed by atoms with Crippen molar-refractivity contribution < 1.29 is 17.9 Å². The van der Waals surface area contributed by atoms with Gasteiger partial charge in [-0.15, -0.1) is 0 Å². The Kier molecular flexibility index (Phi) is 3.35. The van der Waals surface area contributed by atoms with Gasteiger partial charge in [-0.05, 0) is 0 Å². The maximum atomic E-state index is 12.1. The number of nitrogen functional groups attached to an aromatic ring is 1. The molecule has 16 heavy (non-hydrogen) atoms.